The molecule has 2 atom stereocenters. The molecule has 1 fully saturated rings. The molecule has 8 nitrogen and oxygen atoms in total. The molecule has 0 radical (unpaired) electrons. The molecule has 156 valence electrons. The zero-order valence-electron chi connectivity index (χ0n) is 16.2. The molecule has 0 unspecified atom stereocenters. The number of hydrogen-bond acceptors (Lipinski definition) is 7. The van der Waals surface area contributed by atoms with Gasteiger partial charge in [0.25, 0.3) is 5.56 Å². The molecule has 1 aliphatic heterocycles. The number of thiazole rings is 1. The summed E-state index contributed by atoms with van der Waals surface area (Å²) in [5.74, 6) is 0.486. The molecule has 5 rings (SSSR count). The molecule has 4 aromatic rings. The molecule has 0 spiro atoms. The van der Waals surface area contributed by atoms with Crippen LogP contribution in [0.1, 0.15) is 17.0 Å². The number of fused-ring (bicyclic) bond motifs is 2. The Morgan fingerprint density at radius 2 is 2.13 bits per heavy atom. The van der Waals surface area contributed by atoms with E-state index in [1.165, 1.54) is 23.8 Å². The molecule has 4 aromatic heterocycles. The summed E-state index contributed by atoms with van der Waals surface area (Å²) in [5.41, 5.74) is -0.491. The van der Waals surface area contributed by atoms with Crippen molar-refractivity contribution >= 4 is 21.9 Å². The van der Waals surface area contributed by atoms with E-state index in [9.17, 15) is 9.18 Å². The Morgan fingerprint density at radius 3 is 2.90 bits per heavy atom. The van der Waals surface area contributed by atoms with E-state index in [2.05, 4.69) is 20.4 Å². The maximum atomic E-state index is 15.4. The normalized spacial score (nSPS) is 22.1. The Morgan fingerprint density at radius 1 is 1.30 bits per heavy atom. The van der Waals surface area contributed by atoms with Gasteiger partial charge >= 0.3 is 0 Å². The van der Waals surface area contributed by atoms with Crippen LogP contribution in [-0.2, 0) is 5.67 Å². The Labute approximate surface area is 173 Å². The number of hydrogen-bond donors (Lipinski definition) is 1. The Balaban J connectivity index is 1.65. The van der Waals surface area contributed by atoms with E-state index in [1.807, 2.05) is 6.92 Å². The summed E-state index contributed by atoms with van der Waals surface area (Å²) in [4.78, 5) is 22.0. The third-order valence-corrected chi connectivity index (χ3v) is 6.39. The first-order chi connectivity index (χ1) is 14.4. The summed E-state index contributed by atoms with van der Waals surface area (Å²) < 4.78 is 37.9. The monoisotopic (exact) mass is 432 g/mol. The number of ether oxygens (including phenoxy) is 1. The van der Waals surface area contributed by atoms with Gasteiger partial charge in [-0.2, -0.15) is 5.10 Å². The molecule has 0 aromatic carbocycles. The smallest absolute Gasteiger partial charge is 0.259 e. The van der Waals surface area contributed by atoms with Crippen LogP contribution in [0.5, 0.6) is 5.75 Å². The van der Waals surface area contributed by atoms with Crippen molar-refractivity contribution in [3.05, 3.63) is 45.5 Å². The largest absolute Gasteiger partial charge is 0.493 e. The lowest BCUT2D eigenvalue weighted by atomic mass is 9.91. The first-order valence-electron chi connectivity index (χ1n) is 9.38. The minimum Gasteiger partial charge on any atom is -0.493 e. The van der Waals surface area contributed by atoms with Crippen molar-refractivity contribution in [1.82, 2.24) is 29.3 Å². The second-order valence-electron chi connectivity index (χ2n) is 7.26. The van der Waals surface area contributed by atoms with Crippen LogP contribution in [0.2, 0.25) is 0 Å². The summed E-state index contributed by atoms with van der Waals surface area (Å²) in [7, 11) is 1.52. The van der Waals surface area contributed by atoms with Crippen LogP contribution >= 0.6 is 11.3 Å². The van der Waals surface area contributed by atoms with Gasteiger partial charge in [-0.05, 0) is 13.5 Å². The lowest BCUT2D eigenvalue weighted by Crippen LogP contribution is -2.46. The van der Waals surface area contributed by atoms with Crippen molar-refractivity contribution in [2.75, 3.05) is 20.2 Å². The number of methoxy groups -OCH3 is 1. The highest BCUT2D eigenvalue weighted by atomic mass is 32.1. The highest BCUT2D eigenvalue weighted by Crippen LogP contribution is 2.40. The summed E-state index contributed by atoms with van der Waals surface area (Å²) >= 11 is 0.978. The van der Waals surface area contributed by atoms with E-state index in [0.717, 1.165) is 17.0 Å². The number of aromatic nitrogens is 5. The van der Waals surface area contributed by atoms with Crippen molar-refractivity contribution in [2.24, 2.45) is 0 Å². The van der Waals surface area contributed by atoms with E-state index in [0.29, 0.717) is 29.3 Å². The van der Waals surface area contributed by atoms with E-state index < -0.39 is 17.4 Å². The molecular weight excluding hydrogens is 414 g/mol. The average Bonchev–Trinajstić information content (AvgIpc) is 3.32. The van der Waals surface area contributed by atoms with Crippen LogP contribution < -0.4 is 15.6 Å². The zero-order chi connectivity index (χ0) is 21.0. The summed E-state index contributed by atoms with van der Waals surface area (Å²) in [6.07, 6.45) is 1.40. The van der Waals surface area contributed by atoms with E-state index in [-0.39, 0.29) is 22.8 Å². The summed E-state index contributed by atoms with van der Waals surface area (Å²) in [5, 5.41) is 7.31. The molecule has 0 bridgehead atoms. The zero-order valence-corrected chi connectivity index (χ0v) is 17.0. The maximum Gasteiger partial charge on any atom is 0.259 e. The van der Waals surface area contributed by atoms with Crippen LogP contribution in [0, 0.1) is 6.92 Å². The van der Waals surface area contributed by atoms with Gasteiger partial charge in [-0.3, -0.25) is 9.20 Å². The summed E-state index contributed by atoms with van der Waals surface area (Å²) in [6.45, 7) is 2.14. The van der Waals surface area contributed by atoms with Gasteiger partial charge in [0.15, 0.2) is 28.2 Å². The van der Waals surface area contributed by atoms with Crippen molar-refractivity contribution in [1.29, 1.82) is 0 Å². The first kappa shape index (κ1) is 19.1. The topological polar surface area (TPSA) is 85.8 Å². The molecule has 1 saturated heterocycles. The van der Waals surface area contributed by atoms with Crippen molar-refractivity contribution in [3.63, 3.8) is 0 Å². The van der Waals surface area contributed by atoms with E-state index in [4.69, 9.17) is 4.74 Å². The lowest BCUT2D eigenvalue weighted by molar-refractivity contribution is 0.0215. The van der Waals surface area contributed by atoms with Crippen LogP contribution in [0.15, 0.2) is 29.3 Å². The molecule has 1 aliphatic rings. The molecular formula is C19H18F2N6O2S. The van der Waals surface area contributed by atoms with Gasteiger partial charge in [0, 0.05) is 31.3 Å². The van der Waals surface area contributed by atoms with Crippen molar-refractivity contribution in [2.45, 2.75) is 25.2 Å². The van der Waals surface area contributed by atoms with Gasteiger partial charge in [0.2, 0.25) is 0 Å². The van der Waals surface area contributed by atoms with E-state index in [1.54, 1.807) is 16.8 Å². The SMILES string of the molecule is COc1cc(-c2cc(=O)n3cc([C@]4(F)CCNC[C@@H]4F)sc3n2)nn2cc(C)nc12. The van der Waals surface area contributed by atoms with Gasteiger partial charge in [-0.25, -0.2) is 23.3 Å². The predicted octanol–water partition coefficient (Wildman–Crippen LogP) is 2.28. The van der Waals surface area contributed by atoms with Gasteiger partial charge in [0.05, 0.1) is 29.6 Å². The second kappa shape index (κ2) is 6.81. The predicted molar refractivity (Wildman–Crippen MR) is 108 cm³/mol. The number of piperidine rings is 1. The summed E-state index contributed by atoms with van der Waals surface area (Å²) in [6, 6.07) is 2.97. The number of nitrogens with one attached hydrogen (secondary N) is 1. The Bertz CT molecular complexity index is 1330. The number of alkyl halides is 2. The van der Waals surface area contributed by atoms with Crippen LogP contribution in [0.4, 0.5) is 8.78 Å². The van der Waals surface area contributed by atoms with Crippen molar-refractivity contribution < 1.29 is 13.5 Å². The average molecular weight is 432 g/mol. The van der Waals surface area contributed by atoms with E-state index >= 15 is 4.39 Å². The molecule has 30 heavy (non-hydrogen) atoms. The number of nitrogens with zero attached hydrogens (tertiary/aromatic N) is 5. The molecule has 0 saturated carbocycles. The quantitative estimate of drug-likeness (QED) is 0.535. The lowest BCUT2D eigenvalue weighted by Gasteiger charge is -2.32. The van der Waals surface area contributed by atoms with Crippen molar-refractivity contribution in [3.8, 4) is 17.1 Å². The number of rotatable bonds is 3. The Kier molecular flexibility index (Phi) is 4.33. The molecule has 11 heteroatoms. The Hall–Kier alpha value is -2.92. The third kappa shape index (κ3) is 2.88. The molecule has 1 N–H and O–H groups in total. The second-order valence-corrected chi connectivity index (χ2v) is 8.27. The maximum absolute atomic E-state index is 15.4. The highest BCUT2D eigenvalue weighted by Gasteiger charge is 2.45. The standard InChI is InChI=1S/C19H18F2N6O2S/c1-10-8-27-17(23-10)13(29-2)5-12(25-27)11-6-16(28)26-9-15(30-18(26)24-11)19(21)3-4-22-7-14(19)20/h5-6,8-9,14,22H,3-4,7H2,1-2H3/t14-,19-/m0/s1. The first-order valence-corrected chi connectivity index (χ1v) is 10.2. The fraction of sp³-hybridized carbons (Fsp3) is 0.368. The molecule has 0 amide bonds. The van der Waals surface area contributed by atoms with Gasteiger partial charge in [-0.15, -0.1) is 0 Å². The van der Waals surface area contributed by atoms with Crippen LogP contribution in [-0.4, -0.2) is 50.4 Å². The number of aryl methyl sites for hydroxylation is 1. The minimum atomic E-state index is -2.13. The fourth-order valence-corrected chi connectivity index (χ4v) is 4.80. The van der Waals surface area contributed by atoms with Gasteiger partial charge in [-0.1, -0.05) is 11.3 Å². The highest BCUT2D eigenvalue weighted by molar-refractivity contribution is 7.17. The van der Waals surface area contributed by atoms with Crippen LogP contribution in [0.25, 0.3) is 22.0 Å². The molecule has 0 aliphatic carbocycles. The third-order valence-electron chi connectivity index (χ3n) is 5.26. The number of halogens is 2. The minimum absolute atomic E-state index is 0.00199. The van der Waals surface area contributed by atoms with Gasteiger partial charge < -0.3 is 10.1 Å². The fourth-order valence-electron chi connectivity index (χ4n) is 3.66. The molecule has 5 heterocycles. The number of imidazole rings is 1. The van der Waals surface area contributed by atoms with Crippen LogP contribution in [0.3, 0.4) is 0 Å². The van der Waals surface area contributed by atoms with Gasteiger partial charge in [0.1, 0.15) is 5.69 Å².